The van der Waals surface area contributed by atoms with Crippen molar-refractivity contribution < 1.29 is 30.0 Å². The first-order chi connectivity index (χ1) is 13.9. The lowest BCUT2D eigenvalue weighted by molar-refractivity contribution is -0.236. The van der Waals surface area contributed by atoms with E-state index in [-0.39, 0.29) is 65.0 Å². The first-order valence-electron chi connectivity index (χ1n) is 11.8. The minimum Gasteiger partial charge on any atom is -0.481 e. The van der Waals surface area contributed by atoms with Crippen LogP contribution in [0.3, 0.4) is 0 Å². The van der Waals surface area contributed by atoms with E-state index in [9.17, 15) is 24.9 Å². The molecule has 6 nitrogen and oxygen atoms in total. The number of aliphatic carboxylic acids is 1. The van der Waals surface area contributed by atoms with Gasteiger partial charge < -0.3 is 20.4 Å². The van der Waals surface area contributed by atoms with Gasteiger partial charge in [-0.2, -0.15) is 0 Å². The van der Waals surface area contributed by atoms with Crippen molar-refractivity contribution >= 4 is 11.8 Å². The van der Waals surface area contributed by atoms with Crippen LogP contribution in [-0.2, 0) is 9.59 Å². The van der Waals surface area contributed by atoms with E-state index in [1.54, 1.807) is 0 Å². The Labute approximate surface area is 179 Å². The number of Topliss-reactive ketones (excluding diaryl/α,β-unsaturated/α-hetero) is 1. The molecule has 0 aromatic carbocycles. The average molecular weight is 423 g/mol. The van der Waals surface area contributed by atoms with Crippen molar-refractivity contribution in [1.29, 1.82) is 0 Å². The molecule has 0 spiro atoms. The highest BCUT2D eigenvalue weighted by Gasteiger charge is 2.66. The number of carboxylic acids is 1. The monoisotopic (exact) mass is 422 g/mol. The fourth-order valence-corrected chi connectivity index (χ4v) is 8.39. The lowest BCUT2D eigenvalue weighted by Gasteiger charge is -2.62. The number of aliphatic hydroxyl groups is 3. The molecule has 0 radical (unpaired) electrons. The smallest absolute Gasteiger partial charge is 0.303 e. The van der Waals surface area contributed by atoms with Crippen LogP contribution in [0.15, 0.2) is 0 Å². The highest BCUT2D eigenvalue weighted by molar-refractivity contribution is 5.83. The average Bonchev–Trinajstić information content (AvgIpc) is 3.00. The summed E-state index contributed by atoms with van der Waals surface area (Å²) in [5.41, 5.74) is -0.507. The molecule has 4 aliphatic rings. The van der Waals surface area contributed by atoms with Gasteiger partial charge in [-0.05, 0) is 67.1 Å². The van der Waals surface area contributed by atoms with Crippen LogP contribution in [-0.4, -0.2) is 44.1 Å². The van der Waals surface area contributed by atoms with E-state index in [0.717, 1.165) is 12.8 Å². The van der Waals surface area contributed by atoms with Gasteiger partial charge in [0.1, 0.15) is 5.78 Å². The van der Waals surface area contributed by atoms with Crippen molar-refractivity contribution in [3.8, 4) is 0 Å². The van der Waals surface area contributed by atoms with Crippen LogP contribution in [0.4, 0.5) is 0 Å². The fraction of sp³-hybridized carbons (Fsp3) is 0.917. The Hall–Kier alpha value is -0.980. The van der Waals surface area contributed by atoms with E-state index >= 15 is 0 Å². The molecule has 0 heterocycles. The van der Waals surface area contributed by atoms with Crippen molar-refractivity contribution in [3.05, 3.63) is 0 Å². The maximum Gasteiger partial charge on any atom is 0.303 e. The number of ketones is 1. The predicted molar refractivity (Wildman–Crippen MR) is 110 cm³/mol. The summed E-state index contributed by atoms with van der Waals surface area (Å²) in [6, 6.07) is 0. The number of aliphatic hydroxyl groups excluding tert-OH is 1. The van der Waals surface area contributed by atoms with Gasteiger partial charge in [0, 0.05) is 37.0 Å². The molecule has 0 saturated heterocycles. The normalized spacial score (nSPS) is 48.4. The molecule has 0 aliphatic heterocycles. The predicted octanol–water partition coefficient (Wildman–Crippen LogP) is 2.98. The van der Waals surface area contributed by atoms with Crippen molar-refractivity contribution in [1.82, 2.24) is 0 Å². The van der Waals surface area contributed by atoms with Crippen molar-refractivity contribution in [2.75, 3.05) is 0 Å². The number of rotatable bonds is 4. The molecule has 9 atom stereocenters. The van der Waals surface area contributed by atoms with Gasteiger partial charge in [0.15, 0.2) is 5.79 Å². The summed E-state index contributed by atoms with van der Waals surface area (Å²) in [7, 11) is 0. The van der Waals surface area contributed by atoms with E-state index in [0.29, 0.717) is 32.1 Å². The van der Waals surface area contributed by atoms with E-state index in [1.807, 2.05) is 0 Å². The Balaban J connectivity index is 1.62. The van der Waals surface area contributed by atoms with Crippen LogP contribution < -0.4 is 0 Å². The lowest BCUT2D eigenvalue weighted by Crippen LogP contribution is -2.62. The van der Waals surface area contributed by atoms with Crippen molar-refractivity contribution in [3.63, 3.8) is 0 Å². The summed E-state index contributed by atoms with van der Waals surface area (Å²) in [6.45, 7) is 6.44. The SMILES string of the molecule is C[C@H](CCC(=O)O)[C@H]1CC[C@H]2[C@@H]3C(=O)CC4CC(O)(O)CC[C@]4(C)[C@H]3CC(O)[C@]12C. The van der Waals surface area contributed by atoms with Crippen LogP contribution in [0.2, 0.25) is 0 Å². The third-order valence-corrected chi connectivity index (χ3v) is 10.2. The fourth-order valence-electron chi connectivity index (χ4n) is 8.39. The van der Waals surface area contributed by atoms with Crippen LogP contribution in [0, 0.1) is 46.3 Å². The summed E-state index contributed by atoms with van der Waals surface area (Å²) in [5, 5.41) is 40.9. The number of carbonyl (C=O) groups is 2. The third kappa shape index (κ3) is 3.25. The van der Waals surface area contributed by atoms with Crippen LogP contribution in [0.25, 0.3) is 0 Å². The molecular formula is C24H38O6. The maximum absolute atomic E-state index is 13.4. The van der Waals surface area contributed by atoms with Crippen molar-refractivity contribution in [2.24, 2.45) is 46.3 Å². The largest absolute Gasteiger partial charge is 0.481 e. The third-order valence-electron chi connectivity index (χ3n) is 10.2. The quantitative estimate of drug-likeness (QED) is 0.518. The number of hydrogen-bond acceptors (Lipinski definition) is 5. The van der Waals surface area contributed by atoms with E-state index in [1.165, 1.54) is 0 Å². The van der Waals surface area contributed by atoms with Crippen LogP contribution >= 0.6 is 0 Å². The molecule has 2 unspecified atom stereocenters. The molecule has 170 valence electrons. The topological polar surface area (TPSA) is 115 Å². The van der Waals surface area contributed by atoms with E-state index in [2.05, 4.69) is 20.8 Å². The number of carbonyl (C=O) groups excluding carboxylic acids is 1. The van der Waals surface area contributed by atoms with Gasteiger partial charge in [0.25, 0.3) is 0 Å². The van der Waals surface area contributed by atoms with E-state index < -0.39 is 17.9 Å². The molecular weight excluding hydrogens is 384 g/mol. The van der Waals surface area contributed by atoms with E-state index in [4.69, 9.17) is 5.11 Å². The van der Waals surface area contributed by atoms with Gasteiger partial charge in [0.05, 0.1) is 6.10 Å². The molecule has 0 bridgehead atoms. The van der Waals surface area contributed by atoms with Gasteiger partial charge in [-0.3, -0.25) is 9.59 Å². The summed E-state index contributed by atoms with van der Waals surface area (Å²) < 4.78 is 0. The molecule has 0 aromatic heterocycles. The second-order valence-electron chi connectivity index (χ2n) is 11.5. The van der Waals surface area contributed by atoms with Gasteiger partial charge in [-0.1, -0.05) is 20.8 Å². The zero-order valence-electron chi connectivity index (χ0n) is 18.5. The van der Waals surface area contributed by atoms with Gasteiger partial charge in [0.2, 0.25) is 0 Å². The minimum atomic E-state index is -1.68. The maximum atomic E-state index is 13.4. The lowest BCUT2D eigenvalue weighted by atomic mass is 9.43. The minimum absolute atomic E-state index is 0.0433. The van der Waals surface area contributed by atoms with Gasteiger partial charge in [-0.25, -0.2) is 0 Å². The molecule has 4 aliphatic carbocycles. The highest BCUT2D eigenvalue weighted by Crippen LogP contribution is 2.68. The molecule has 30 heavy (non-hydrogen) atoms. The number of carboxylic acid groups (broad SMARTS) is 1. The summed E-state index contributed by atoms with van der Waals surface area (Å²) >= 11 is 0. The molecule has 4 saturated carbocycles. The zero-order chi connectivity index (χ0) is 22.1. The number of hydrogen-bond donors (Lipinski definition) is 4. The highest BCUT2D eigenvalue weighted by atomic mass is 16.5. The molecule has 0 aromatic rings. The van der Waals surface area contributed by atoms with Crippen LogP contribution in [0.1, 0.15) is 78.6 Å². The molecule has 4 fully saturated rings. The summed E-state index contributed by atoms with van der Waals surface area (Å²) in [6.07, 6.45) is 4.31. The Morgan fingerprint density at radius 3 is 2.53 bits per heavy atom. The van der Waals surface area contributed by atoms with Crippen molar-refractivity contribution in [2.45, 2.75) is 90.4 Å². The second kappa shape index (κ2) is 7.28. The first-order valence-corrected chi connectivity index (χ1v) is 11.8. The molecule has 4 N–H and O–H groups in total. The Morgan fingerprint density at radius 1 is 1.17 bits per heavy atom. The first kappa shape index (κ1) is 22.2. The van der Waals surface area contributed by atoms with Gasteiger partial charge >= 0.3 is 5.97 Å². The Kier molecular flexibility index (Phi) is 5.39. The van der Waals surface area contributed by atoms with Gasteiger partial charge in [-0.15, -0.1) is 0 Å². The second-order valence-corrected chi connectivity index (χ2v) is 11.5. The summed E-state index contributed by atoms with van der Waals surface area (Å²) in [4.78, 5) is 24.5. The summed E-state index contributed by atoms with van der Waals surface area (Å²) in [5.74, 6) is -1.70. The number of fused-ring (bicyclic) bond motifs is 5. The standard InChI is InChI=1S/C24H38O6/c1-13(4-7-20(27)28)15-5-6-16-21-17(11-19(26)23(15,16)3)22(2)8-9-24(29,30)12-14(22)10-18(21)25/h13-17,19,21,26,29-30H,4-12H2,1-3H3,(H,27,28)/t13-,14?,15-,16+,17+,19?,21+,22+,23-/m1/s1. The molecule has 4 rings (SSSR count). The zero-order valence-corrected chi connectivity index (χ0v) is 18.5. The Morgan fingerprint density at radius 2 is 1.87 bits per heavy atom. The van der Waals surface area contributed by atoms with Crippen LogP contribution in [0.5, 0.6) is 0 Å². The Bertz CT molecular complexity index is 718. The molecule has 6 heteroatoms. The molecule has 0 amide bonds.